The monoisotopic (exact) mass is 314 g/mol. The number of rotatable bonds is 11. The fraction of sp³-hybridized carbons (Fsp3) is 0.625. The maximum absolute atomic E-state index is 11.4. The van der Waals surface area contributed by atoms with E-state index in [-0.39, 0.29) is 13.2 Å². The van der Waals surface area contributed by atoms with Crippen molar-refractivity contribution in [1.82, 2.24) is 0 Å². The lowest BCUT2D eigenvalue weighted by Gasteiger charge is -2.14. The highest BCUT2D eigenvalue weighted by atomic mass is 16.6. The van der Waals surface area contributed by atoms with Crippen LogP contribution in [0.2, 0.25) is 0 Å². The van der Waals surface area contributed by atoms with Crippen molar-refractivity contribution in [1.29, 1.82) is 0 Å². The predicted molar refractivity (Wildman–Crippen MR) is 82.0 cm³/mol. The Hall–Kier alpha value is -1.66. The zero-order chi connectivity index (χ0) is 16.8. The number of hydrogen-bond acceptors (Lipinski definition) is 6. The van der Waals surface area contributed by atoms with Gasteiger partial charge in [0, 0.05) is 0 Å². The van der Waals surface area contributed by atoms with Gasteiger partial charge in [0.2, 0.25) is 0 Å². The number of allylic oxidation sites excluding steroid dienone is 2. The fourth-order valence-corrected chi connectivity index (χ4v) is 1.39. The van der Waals surface area contributed by atoms with Crippen molar-refractivity contribution in [2.45, 2.75) is 51.7 Å². The molecular formula is C16H26O6. The first-order chi connectivity index (χ1) is 10.5. The van der Waals surface area contributed by atoms with E-state index in [2.05, 4.69) is 0 Å². The van der Waals surface area contributed by atoms with Crippen LogP contribution in [0, 0.1) is 0 Å². The molecule has 0 saturated carbocycles. The van der Waals surface area contributed by atoms with Crippen LogP contribution >= 0.6 is 0 Å². The van der Waals surface area contributed by atoms with Gasteiger partial charge in [-0.15, -0.1) is 0 Å². The van der Waals surface area contributed by atoms with E-state index in [0.29, 0.717) is 0 Å². The number of hydrogen-bond donors (Lipinski definition) is 2. The molecule has 0 rings (SSSR count). The van der Waals surface area contributed by atoms with Crippen LogP contribution in [0.3, 0.4) is 0 Å². The second-order valence-corrected chi connectivity index (χ2v) is 4.67. The third-order valence-corrected chi connectivity index (χ3v) is 2.67. The Bertz CT molecular complexity index is 339. The molecule has 0 radical (unpaired) electrons. The first-order valence-corrected chi connectivity index (χ1v) is 7.53. The van der Waals surface area contributed by atoms with Crippen LogP contribution in [0.1, 0.15) is 39.5 Å². The Morgan fingerprint density at radius 3 is 1.50 bits per heavy atom. The van der Waals surface area contributed by atoms with E-state index in [9.17, 15) is 19.8 Å². The quantitative estimate of drug-likeness (QED) is 0.443. The summed E-state index contributed by atoms with van der Waals surface area (Å²) in [6.07, 6.45) is 6.73. The highest BCUT2D eigenvalue weighted by Gasteiger charge is 2.32. The van der Waals surface area contributed by atoms with Gasteiger partial charge in [-0.2, -0.15) is 0 Å². The van der Waals surface area contributed by atoms with E-state index in [4.69, 9.17) is 9.47 Å². The molecular weight excluding hydrogens is 288 g/mol. The van der Waals surface area contributed by atoms with E-state index in [1.165, 1.54) is 0 Å². The van der Waals surface area contributed by atoms with Crippen LogP contribution in [0.4, 0.5) is 0 Å². The Balaban J connectivity index is 4.08. The minimum atomic E-state index is -1.95. The standard InChI is InChI=1S/C16H26O6/c1-3-5-7-9-11-21-15(19)13(17)14(18)16(20)22-12-10-8-6-4-2/h7-10,13-14,17-18H,3-6,11-12H2,1-2H3/b9-7+,10-8+/t13-,14-/m1/s1. The normalized spacial score (nSPS) is 14.2. The number of esters is 2. The van der Waals surface area contributed by atoms with Gasteiger partial charge in [0.15, 0.2) is 12.2 Å². The zero-order valence-electron chi connectivity index (χ0n) is 13.2. The van der Waals surface area contributed by atoms with E-state index in [0.717, 1.165) is 25.7 Å². The number of carbonyl (C=O) groups is 2. The lowest BCUT2D eigenvalue weighted by atomic mass is 10.2. The summed E-state index contributed by atoms with van der Waals surface area (Å²) in [5, 5.41) is 19.1. The molecule has 0 unspecified atom stereocenters. The molecule has 0 aliphatic heterocycles. The molecule has 0 aromatic heterocycles. The SMILES string of the molecule is CCC/C=C/COC(=O)[C@H](O)[C@@H](O)C(=O)OC/C=C/CCC. The molecule has 6 nitrogen and oxygen atoms in total. The molecule has 2 N–H and O–H groups in total. The summed E-state index contributed by atoms with van der Waals surface area (Å²) in [7, 11) is 0. The van der Waals surface area contributed by atoms with Gasteiger partial charge in [0.05, 0.1) is 0 Å². The molecule has 0 heterocycles. The van der Waals surface area contributed by atoms with Crippen molar-refractivity contribution in [2.75, 3.05) is 13.2 Å². The summed E-state index contributed by atoms with van der Waals surface area (Å²) in [6, 6.07) is 0. The number of ether oxygens (including phenoxy) is 2. The van der Waals surface area contributed by atoms with E-state index >= 15 is 0 Å². The molecule has 22 heavy (non-hydrogen) atoms. The van der Waals surface area contributed by atoms with Crippen molar-refractivity contribution < 1.29 is 29.3 Å². The highest BCUT2D eigenvalue weighted by Crippen LogP contribution is 2.01. The summed E-state index contributed by atoms with van der Waals surface area (Å²) < 4.78 is 9.44. The zero-order valence-corrected chi connectivity index (χ0v) is 13.2. The molecule has 0 spiro atoms. The van der Waals surface area contributed by atoms with Gasteiger partial charge in [-0.25, -0.2) is 9.59 Å². The van der Waals surface area contributed by atoms with E-state index in [1.54, 1.807) is 12.2 Å². The summed E-state index contributed by atoms with van der Waals surface area (Å²) >= 11 is 0. The lowest BCUT2D eigenvalue weighted by molar-refractivity contribution is -0.171. The minimum absolute atomic E-state index is 0.0165. The van der Waals surface area contributed by atoms with Crippen LogP contribution in [0.5, 0.6) is 0 Å². The molecule has 0 aliphatic rings. The first-order valence-electron chi connectivity index (χ1n) is 7.53. The molecule has 0 saturated heterocycles. The Morgan fingerprint density at radius 2 is 1.18 bits per heavy atom. The topological polar surface area (TPSA) is 93.1 Å². The third kappa shape index (κ3) is 9.31. The van der Waals surface area contributed by atoms with Crippen LogP contribution in [-0.4, -0.2) is 47.6 Å². The average Bonchev–Trinajstić information content (AvgIpc) is 2.52. The van der Waals surface area contributed by atoms with Gasteiger partial charge in [0.1, 0.15) is 13.2 Å². The third-order valence-electron chi connectivity index (χ3n) is 2.67. The van der Waals surface area contributed by atoms with Crippen molar-refractivity contribution in [3.8, 4) is 0 Å². The second kappa shape index (κ2) is 13.0. The Morgan fingerprint density at radius 1 is 0.818 bits per heavy atom. The van der Waals surface area contributed by atoms with Gasteiger partial charge in [-0.05, 0) is 12.8 Å². The molecule has 2 atom stereocenters. The van der Waals surface area contributed by atoms with Crippen molar-refractivity contribution in [3.63, 3.8) is 0 Å². The van der Waals surface area contributed by atoms with Crippen molar-refractivity contribution in [2.24, 2.45) is 0 Å². The number of aliphatic hydroxyl groups excluding tert-OH is 2. The fourth-order valence-electron chi connectivity index (χ4n) is 1.39. The molecule has 0 bridgehead atoms. The van der Waals surface area contributed by atoms with Crippen molar-refractivity contribution in [3.05, 3.63) is 24.3 Å². The van der Waals surface area contributed by atoms with Gasteiger partial charge in [-0.1, -0.05) is 51.0 Å². The molecule has 0 amide bonds. The lowest BCUT2D eigenvalue weighted by Crippen LogP contribution is -2.41. The molecule has 0 fully saturated rings. The maximum atomic E-state index is 11.4. The van der Waals surface area contributed by atoms with Crippen LogP contribution in [0.25, 0.3) is 0 Å². The molecule has 0 aromatic rings. The van der Waals surface area contributed by atoms with E-state index in [1.807, 2.05) is 26.0 Å². The number of unbranched alkanes of at least 4 members (excludes halogenated alkanes) is 2. The highest BCUT2D eigenvalue weighted by molar-refractivity contribution is 5.85. The minimum Gasteiger partial charge on any atom is -0.459 e. The van der Waals surface area contributed by atoms with Gasteiger partial charge in [-0.3, -0.25) is 0 Å². The number of aliphatic hydroxyl groups is 2. The van der Waals surface area contributed by atoms with Crippen LogP contribution < -0.4 is 0 Å². The summed E-state index contributed by atoms with van der Waals surface area (Å²) in [6.45, 7) is 3.99. The summed E-state index contributed by atoms with van der Waals surface area (Å²) in [5.41, 5.74) is 0. The average molecular weight is 314 g/mol. The summed E-state index contributed by atoms with van der Waals surface area (Å²) in [4.78, 5) is 22.9. The number of carbonyl (C=O) groups excluding carboxylic acids is 2. The first kappa shape index (κ1) is 20.3. The predicted octanol–water partition coefficient (Wildman–Crippen LogP) is 1.51. The van der Waals surface area contributed by atoms with Crippen LogP contribution in [0.15, 0.2) is 24.3 Å². The van der Waals surface area contributed by atoms with Gasteiger partial charge in [0.25, 0.3) is 0 Å². The molecule has 0 aliphatic carbocycles. The molecule has 0 aromatic carbocycles. The Labute approximate surface area is 131 Å². The van der Waals surface area contributed by atoms with Crippen LogP contribution in [-0.2, 0) is 19.1 Å². The second-order valence-electron chi connectivity index (χ2n) is 4.67. The van der Waals surface area contributed by atoms with Gasteiger partial charge >= 0.3 is 11.9 Å². The molecule has 126 valence electrons. The van der Waals surface area contributed by atoms with E-state index < -0.39 is 24.1 Å². The molecule has 6 heteroatoms. The Kier molecular flexibility index (Phi) is 12.1. The van der Waals surface area contributed by atoms with Gasteiger partial charge < -0.3 is 19.7 Å². The maximum Gasteiger partial charge on any atom is 0.338 e. The smallest absolute Gasteiger partial charge is 0.338 e. The largest absolute Gasteiger partial charge is 0.459 e. The van der Waals surface area contributed by atoms with Crippen molar-refractivity contribution >= 4 is 11.9 Å². The summed E-state index contributed by atoms with van der Waals surface area (Å²) in [5.74, 6) is -2.13.